The zero-order valence-electron chi connectivity index (χ0n) is 18.6. The van der Waals surface area contributed by atoms with Gasteiger partial charge in [-0.1, -0.05) is 48.5 Å². The number of nitrogens with zero attached hydrogens (tertiary/aromatic N) is 2. The van der Waals surface area contributed by atoms with Gasteiger partial charge in [0.25, 0.3) is 0 Å². The van der Waals surface area contributed by atoms with Crippen molar-refractivity contribution >= 4 is 6.09 Å². The summed E-state index contributed by atoms with van der Waals surface area (Å²) < 4.78 is 5.94. The van der Waals surface area contributed by atoms with E-state index >= 15 is 0 Å². The zero-order valence-corrected chi connectivity index (χ0v) is 18.6. The number of amides is 1. The highest BCUT2D eigenvalue weighted by Crippen LogP contribution is 2.45. The molecule has 3 aromatic rings. The molecule has 168 valence electrons. The topological polar surface area (TPSA) is 62.7 Å². The molecule has 2 atom stereocenters. The Morgan fingerprint density at radius 1 is 0.939 bits per heavy atom. The van der Waals surface area contributed by atoms with Crippen molar-refractivity contribution in [1.29, 1.82) is 0 Å². The Kier molecular flexibility index (Phi) is 4.95. The first-order valence-corrected chi connectivity index (χ1v) is 11.9. The molecule has 2 fully saturated rings. The number of piperidine rings is 1. The molecule has 0 radical (unpaired) electrons. The van der Waals surface area contributed by atoms with E-state index in [0.29, 0.717) is 25.9 Å². The number of hydrogen-bond acceptors (Lipinski definition) is 4. The molecule has 3 aliphatic rings. The normalized spacial score (nSPS) is 25.5. The van der Waals surface area contributed by atoms with Gasteiger partial charge in [0.05, 0.1) is 5.60 Å². The summed E-state index contributed by atoms with van der Waals surface area (Å²) >= 11 is 0. The first-order chi connectivity index (χ1) is 16.1. The Hall–Kier alpha value is -3.18. The van der Waals surface area contributed by atoms with Crippen LogP contribution in [0.5, 0.6) is 0 Å². The van der Waals surface area contributed by atoms with E-state index in [1.54, 1.807) is 12.4 Å². The molecule has 0 saturated carbocycles. The van der Waals surface area contributed by atoms with Gasteiger partial charge in [0.2, 0.25) is 0 Å². The highest BCUT2D eigenvalue weighted by Gasteiger charge is 2.50. The molecule has 5 heteroatoms. The summed E-state index contributed by atoms with van der Waals surface area (Å²) in [5.41, 5.74) is 5.20. The maximum atomic E-state index is 13.2. The van der Waals surface area contributed by atoms with Gasteiger partial charge in [-0.3, -0.25) is 4.98 Å². The van der Waals surface area contributed by atoms with Gasteiger partial charge in [-0.05, 0) is 65.6 Å². The quantitative estimate of drug-likeness (QED) is 0.625. The minimum atomic E-state index is -0.784. The Morgan fingerprint density at radius 3 is 2.12 bits per heavy atom. The fraction of sp³-hybridized carbons (Fsp3) is 0.357. The number of hydrogen-bond donors (Lipinski definition) is 1. The molecule has 3 heterocycles. The number of fused-ring (bicyclic) bond motifs is 5. The number of carbonyl (C=O) groups excluding carboxylic acids is 1. The van der Waals surface area contributed by atoms with Crippen molar-refractivity contribution in [2.24, 2.45) is 0 Å². The SMILES string of the molecule is O=C(OCC1c2ccccc2-c2ccccc21)N1C2CCC1CC(O)(Cc1ccncc1)C2. The molecule has 1 amide bonds. The summed E-state index contributed by atoms with van der Waals surface area (Å²) in [7, 11) is 0. The van der Waals surface area contributed by atoms with E-state index in [-0.39, 0.29) is 24.1 Å². The molecule has 33 heavy (non-hydrogen) atoms. The Bertz CT molecular complexity index is 1120. The molecule has 0 spiro atoms. The predicted octanol–water partition coefficient (Wildman–Crippen LogP) is 4.93. The van der Waals surface area contributed by atoms with E-state index in [0.717, 1.165) is 18.4 Å². The second-order valence-corrected chi connectivity index (χ2v) is 9.76. The summed E-state index contributed by atoms with van der Waals surface area (Å²) in [6.07, 6.45) is 6.92. The second-order valence-electron chi connectivity index (χ2n) is 9.76. The standard InChI is InChI=1S/C28H28N2O3/c31-27(33-18-26-24-7-3-1-5-22(24)23-6-2-4-8-25(23)26)30-20-9-10-21(30)17-28(32,16-20)15-19-11-13-29-14-12-19/h1-8,11-14,20-21,26,32H,9-10,15-18H2. The van der Waals surface area contributed by atoms with E-state index in [9.17, 15) is 9.90 Å². The first-order valence-electron chi connectivity index (χ1n) is 11.9. The number of carbonyl (C=O) groups is 1. The molecule has 1 aliphatic carbocycles. The number of benzene rings is 2. The lowest BCUT2D eigenvalue weighted by Gasteiger charge is -2.43. The van der Waals surface area contributed by atoms with Crippen molar-refractivity contribution in [1.82, 2.24) is 9.88 Å². The molecule has 2 aliphatic heterocycles. The van der Waals surface area contributed by atoms with Crippen LogP contribution in [0.3, 0.4) is 0 Å². The molecular formula is C28H28N2O3. The lowest BCUT2D eigenvalue weighted by Crippen LogP contribution is -2.54. The van der Waals surface area contributed by atoms with Crippen molar-refractivity contribution in [3.8, 4) is 11.1 Å². The zero-order chi connectivity index (χ0) is 22.4. The van der Waals surface area contributed by atoms with E-state index in [1.165, 1.54) is 22.3 Å². The average Bonchev–Trinajstić information content (AvgIpc) is 3.30. The number of rotatable bonds is 4. The summed E-state index contributed by atoms with van der Waals surface area (Å²) in [6.45, 7) is 0.337. The lowest BCUT2D eigenvalue weighted by molar-refractivity contribution is -0.0479. The Balaban J connectivity index is 1.15. The van der Waals surface area contributed by atoms with E-state index in [4.69, 9.17) is 4.74 Å². The molecule has 1 aromatic heterocycles. The van der Waals surface area contributed by atoms with E-state index in [2.05, 4.69) is 41.4 Å². The minimum Gasteiger partial charge on any atom is -0.448 e. The predicted molar refractivity (Wildman–Crippen MR) is 126 cm³/mol. The van der Waals surface area contributed by atoms with Crippen LogP contribution in [0.15, 0.2) is 73.1 Å². The molecule has 2 aromatic carbocycles. The first kappa shape index (κ1) is 20.4. The molecule has 1 N–H and O–H groups in total. The molecule has 2 unspecified atom stereocenters. The van der Waals surface area contributed by atoms with Gasteiger partial charge in [0, 0.05) is 36.8 Å². The van der Waals surface area contributed by atoms with Crippen LogP contribution in [0.4, 0.5) is 4.79 Å². The van der Waals surface area contributed by atoms with E-state index in [1.807, 2.05) is 29.2 Å². The largest absolute Gasteiger partial charge is 0.448 e. The van der Waals surface area contributed by atoms with Crippen LogP contribution in [0.25, 0.3) is 11.1 Å². The van der Waals surface area contributed by atoms with Crippen LogP contribution < -0.4 is 0 Å². The van der Waals surface area contributed by atoms with Crippen molar-refractivity contribution < 1.29 is 14.6 Å². The summed E-state index contributed by atoms with van der Waals surface area (Å²) in [5.74, 6) is 0.0624. The van der Waals surface area contributed by atoms with Crippen LogP contribution >= 0.6 is 0 Å². The summed E-state index contributed by atoms with van der Waals surface area (Å²) in [6, 6.07) is 20.8. The van der Waals surface area contributed by atoms with Crippen LogP contribution in [0.2, 0.25) is 0 Å². The summed E-state index contributed by atoms with van der Waals surface area (Å²) in [4.78, 5) is 19.2. The number of pyridine rings is 1. The van der Waals surface area contributed by atoms with Gasteiger partial charge < -0.3 is 14.7 Å². The molecule has 5 nitrogen and oxygen atoms in total. The van der Waals surface area contributed by atoms with Crippen molar-refractivity contribution in [2.75, 3.05) is 6.61 Å². The monoisotopic (exact) mass is 440 g/mol. The number of aliphatic hydroxyl groups is 1. The maximum Gasteiger partial charge on any atom is 0.410 e. The van der Waals surface area contributed by atoms with Gasteiger partial charge >= 0.3 is 6.09 Å². The van der Waals surface area contributed by atoms with Crippen molar-refractivity contribution in [2.45, 2.75) is 55.7 Å². The second kappa shape index (κ2) is 7.99. The highest BCUT2D eigenvalue weighted by atomic mass is 16.6. The van der Waals surface area contributed by atoms with Gasteiger partial charge in [-0.15, -0.1) is 0 Å². The smallest absolute Gasteiger partial charge is 0.410 e. The third-order valence-corrected chi connectivity index (χ3v) is 7.68. The van der Waals surface area contributed by atoms with Gasteiger partial charge in [0.1, 0.15) is 6.61 Å². The fourth-order valence-corrected chi connectivity index (χ4v) is 6.31. The molecule has 6 rings (SSSR count). The lowest BCUT2D eigenvalue weighted by atomic mass is 9.81. The Morgan fingerprint density at radius 2 is 1.52 bits per heavy atom. The fourth-order valence-electron chi connectivity index (χ4n) is 6.31. The molecule has 2 saturated heterocycles. The van der Waals surface area contributed by atoms with Crippen LogP contribution in [0, 0.1) is 0 Å². The summed E-state index contributed by atoms with van der Waals surface area (Å²) in [5, 5.41) is 11.3. The minimum absolute atomic E-state index is 0.0336. The number of ether oxygens (including phenoxy) is 1. The Labute approximate surface area is 194 Å². The highest BCUT2D eigenvalue weighted by molar-refractivity contribution is 5.79. The van der Waals surface area contributed by atoms with Gasteiger partial charge in [-0.2, -0.15) is 0 Å². The maximum absolute atomic E-state index is 13.2. The average molecular weight is 441 g/mol. The van der Waals surface area contributed by atoms with Gasteiger partial charge in [0.15, 0.2) is 0 Å². The van der Waals surface area contributed by atoms with E-state index < -0.39 is 5.60 Å². The van der Waals surface area contributed by atoms with Gasteiger partial charge in [-0.25, -0.2) is 4.79 Å². The third-order valence-electron chi connectivity index (χ3n) is 7.68. The van der Waals surface area contributed by atoms with Crippen molar-refractivity contribution in [3.63, 3.8) is 0 Å². The van der Waals surface area contributed by atoms with Crippen LogP contribution in [-0.2, 0) is 11.2 Å². The third kappa shape index (κ3) is 3.61. The van der Waals surface area contributed by atoms with Crippen LogP contribution in [0.1, 0.15) is 48.3 Å². The number of aromatic nitrogens is 1. The van der Waals surface area contributed by atoms with Crippen LogP contribution in [-0.4, -0.2) is 45.4 Å². The molecular weight excluding hydrogens is 412 g/mol. The molecule has 2 bridgehead atoms. The van der Waals surface area contributed by atoms with Crippen molar-refractivity contribution in [3.05, 3.63) is 89.7 Å².